The number of aliphatic carboxylic acids is 1. The normalized spacial score (nSPS) is 28.5. The molecular formula is C21H28O7. The molecule has 0 saturated heterocycles. The van der Waals surface area contributed by atoms with Gasteiger partial charge in [0.15, 0.2) is 11.5 Å². The van der Waals surface area contributed by atoms with Crippen LogP contribution in [0.2, 0.25) is 0 Å². The Kier molecular flexibility index (Phi) is 6.27. The molecular weight excluding hydrogens is 364 g/mol. The van der Waals surface area contributed by atoms with E-state index in [4.69, 9.17) is 14.6 Å². The molecule has 0 heterocycles. The Bertz CT molecular complexity index is 712. The fourth-order valence-corrected chi connectivity index (χ4v) is 4.49. The van der Waals surface area contributed by atoms with E-state index in [0.29, 0.717) is 24.3 Å². The van der Waals surface area contributed by atoms with Crippen LogP contribution in [-0.4, -0.2) is 58.9 Å². The van der Waals surface area contributed by atoms with Gasteiger partial charge in [-0.1, -0.05) is 12.2 Å². The summed E-state index contributed by atoms with van der Waals surface area (Å²) >= 11 is 0. The van der Waals surface area contributed by atoms with E-state index >= 15 is 0 Å². The number of fused-ring (bicyclic) bond motifs is 1. The maximum atomic E-state index is 11.0. The summed E-state index contributed by atoms with van der Waals surface area (Å²) in [6, 6.07) is 3.87. The lowest BCUT2D eigenvalue weighted by molar-refractivity contribution is -0.139. The highest BCUT2D eigenvalue weighted by Crippen LogP contribution is 2.39. The Balaban J connectivity index is 1.69. The molecule has 5 unspecified atom stereocenters. The number of ether oxygens (including phenoxy) is 2. The Labute approximate surface area is 164 Å². The van der Waals surface area contributed by atoms with Crippen molar-refractivity contribution in [1.29, 1.82) is 0 Å². The number of carboxylic acid groups (broad SMARTS) is 1. The summed E-state index contributed by atoms with van der Waals surface area (Å²) in [6.45, 7) is 0. The quantitative estimate of drug-likeness (QED) is 0.515. The molecule has 0 aliphatic heterocycles. The van der Waals surface area contributed by atoms with E-state index < -0.39 is 36.1 Å². The number of rotatable bonds is 7. The van der Waals surface area contributed by atoms with Gasteiger partial charge < -0.3 is 29.9 Å². The molecule has 1 fully saturated rings. The third kappa shape index (κ3) is 4.16. The van der Waals surface area contributed by atoms with Crippen LogP contribution in [0.3, 0.4) is 0 Å². The molecule has 3 rings (SSSR count). The van der Waals surface area contributed by atoms with Crippen molar-refractivity contribution in [1.82, 2.24) is 0 Å². The van der Waals surface area contributed by atoms with Crippen molar-refractivity contribution in [3.8, 4) is 11.5 Å². The lowest BCUT2D eigenvalue weighted by atomic mass is 9.89. The fraction of sp³-hybridized carbons (Fsp3) is 0.571. The molecule has 0 spiro atoms. The summed E-state index contributed by atoms with van der Waals surface area (Å²) in [5.74, 6) is -0.747. The molecule has 1 saturated carbocycles. The number of carboxylic acids is 1. The van der Waals surface area contributed by atoms with Gasteiger partial charge in [-0.2, -0.15) is 0 Å². The predicted molar refractivity (Wildman–Crippen MR) is 101 cm³/mol. The van der Waals surface area contributed by atoms with E-state index in [0.717, 1.165) is 11.1 Å². The van der Waals surface area contributed by atoms with Gasteiger partial charge in [0.25, 0.3) is 0 Å². The van der Waals surface area contributed by atoms with Gasteiger partial charge in [0.2, 0.25) is 0 Å². The SMILES string of the molecule is COc1cc2c(cc1OC)CC(C(O)C=CC1C(O)CC(O)C1CC(=O)O)C2. The molecule has 7 heteroatoms. The van der Waals surface area contributed by atoms with Crippen molar-refractivity contribution in [2.75, 3.05) is 14.2 Å². The van der Waals surface area contributed by atoms with Gasteiger partial charge in [-0.25, -0.2) is 0 Å². The minimum absolute atomic E-state index is 0.0237. The van der Waals surface area contributed by atoms with Gasteiger partial charge in [-0.05, 0) is 42.0 Å². The number of hydrogen-bond acceptors (Lipinski definition) is 6. The van der Waals surface area contributed by atoms with E-state index in [1.54, 1.807) is 26.4 Å². The molecule has 1 aromatic rings. The first-order chi connectivity index (χ1) is 13.3. The Morgan fingerprint density at radius 3 is 2.21 bits per heavy atom. The van der Waals surface area contributed by atoms with Gasteiger partial charge in [0.1, 0.15) is 0 Å². The van der Waals surface area contributed by atoms with Crippen molar-refractivity contribution in [3.05, 3.63) is 35.4 Å². The zero-order valence-corrected chi connectivity index (χ0v) is 16.1. The van der Waals surface area contributed by atoms with Crippen LogP contribution in [0.4, 0.5) is 0 Å². The summed E-state index contributed by atoms with van der Waals surface area (Å²) in [4.78, 5) is 11.0. The molecule has 0 amide bonds. The van der Waals surface area contributed by atoms with E-state index in [2.05, 4.69) is 0 Å². The number of aliphatic hydroxyl groups excluding tert-OH is 3. The first kappa shape index (κ1) is 20.6. The van der Waals surface area contributed by atoms with Crippen molar-refractivity contribution in [3.63, 3.8) is 0 Å². The minimum atomic E-state index is -1.01. The topological polar surface area (TPSA) is 116 Å². The summed E-state index contributed by atoms with van der Waals surface area (Å²) in [5, 5.41) is 39.9. The van der Waals surface area contributed by atoms with Crippen LogP contribution in [0.15, 0.2) is 24.3 Å². The highest BCUT2D eigenvalue weighted by molar-refractivity contribution is 5.67. The standard InChI is InChI=1S/C21H28O7/c1-27-19-7-11-5-13(6-12(11)8-20(19)28-2)16(22)4-3-14-15(9-21(25)26)18(24)10-17(14)23/h3-4,7-8,13-18,22-24H,5-6,9-10H2,1-2H3,(H,25,26). The van der Waals surface area contributed by atoms with Crippen LogP contribution in [0.1, 0.15) is 24.0 Å². The van der Waals surface area contributed by atoms with Crippen molar-refractivity contribution in [2.45, 2.75) is 44.0 Å². The first-order valence-electron chi connectivity index (χ1n) is 9.52. The Morgan fingerprint density at radius 2 is 1.71 bits per heavy atom. The maximum Gasteiger partial charge on any atom is 0.303 e. The Hall–Kier alpha value is -2.09. The van der Waals surface area contributed by atoms with Crippen LogP contribution in [0.25, 0.3) is 0 Å². The highest BCUT2D eigenvalue weighted by Gasteiger charge is 2.41. The fourth-order valence-electron chi connectivity index (χ4n) is 4.49. The second-order valence-electron chi connectivity index (χ2n) is 7.73. The molecule has 4 N–H and O–H groups in total. The highest BCUT2D eigenvalue weighted by atomic mass is 16.5. The molecule has 2 aliphatic rings. The van der Waals surface area contributed by atoms with E-state index in [1.807, 2.05) is 12.1 Å². The molecule has 0 radical (unpaired) electrons. The lowest BCUT2D eigenvalue weighted by Crippen LogP contribution is -2.24. The minimum Gasteiger partial charge on any atom is -0.493 e. The second-order valence-corrected chi connectivity index (χ2v) is 7.73. The smallest absolute Gasteiger partial charge is 0.303 e. The van der Waals surface area contributed by atoms with E-state index in [1.165, 1.54) is 0 Å². The van der Waals surface area contributed by atoms with Gasteiger partial charge in [-0.3, -0.25) is 4.79 Å². The molecule has 0 bridgehead atoms. The third-order valence-corrected chi connectivity index (χ3v) is 6.01. The molecule has 5 atom stereocenters. The average molecular weight is 392 g/mol. The number of benzene rings is 1. The number of aliphatic hydroxyl groups is 3. The first-order valence-corrected chi connectivity index (χ1v) is 9.52. The van der Waals surface area contributed by atoms with E-state index in [-0.39, 0.29) is 18.8 Å². The Morgan fingerprint density at radius 1 is 1.14 bits per heavy atom. The zero-order chi connectivity index (χ0) is 20.4. The maximum absolute atomic E-state index is 11.0. The molecule has 154 valence electrons. The second kappa shape index (κ2) is 8.51. The number of methoxy groups -OCH3 is 2. The monoisotopic (exact) mass is 392 g/mol. The predicted octanol–water partition coefficient (Wildman–Crippen LogP) is 1.17. The summed E-state index contributed by atoms with van der Waals surface area (Å²) in [7, 11) is 3.17. The molecule has 7 nitrogen and oxygen atoms in total. The van der Waals surface area contributed by atoms with Crippen LogP contribution >= 0.6 is 0 Å². The van der Waals surface area contributed by atoms with Gasteiger partial charge >= 0.3 is 5.97 Å². The largest absolute Gasteiger partial charge is 0.493 e. The van der Waals surface area contributed by atoms with Crippen molar-refractivity contribution in [2.24, 2.45) is 17.8 Å². The third-order valence-electron chi connectivity index (χ3n) is 6.01. The van der Waals surface area contributed by atoms with Gasteiger partial charge in [-0.15, -0.1) is 0 Å². The van der Waals surface area contributed by atoms with Crippen LogP contribution < -0.4 is 9.47 Å². The van der Waals surface area contributed by atoms with E-state index in [9.17, 15) is 20.1 Å². The molecule has 1 aromatic carbocycles. The zero-order valence-electron chi connectivity index (χ0n) is 16.1. The number of hydrogen-bond donors (Lipinski definition) is 4. The number of carbonyl (C=O) groups is 1. The van der Waals surface area contributed by atoms with Crippen molar-refractivity contribution < 1.29 is 34.7 Å². The van der Waals surface area contributed by atoms with Crippen molar-refractivity contribution >= 4 is 5.97 Å². The molecule has 0 aromatic heterocycles. The summed E-state index contributed by atoms with van der Waals surface area (Å²) < 4.78 is 10.7. The van der Waals surface area contributed by atoms with Gasteiger partial charge in [0.05, 0.1) is 39.0 Å². The molecule has 2 aliphatic carbocycles. The lowest BCUT2D eigenvalue weighted by Gasteiger charge is -2.20. The van der Waals surface area contributed by atoms with Gasteiger partial charge in [0, 0.05) is 18.3 Å². The summed E-state index contributed by atoms with van der Waals surface area (Å²) in [5.41, 5.74) is 2.21. The van der Waals surface area contributed by atoms with Crippen LogP contribution in [-0.2, 0) is 17.6 Å². The summed E-state index contributed by atoms with van der Waals surface area (Å²) in [6.07, 6.45) is 2.22. The average Bonchev–Trinajstić information content (AvgIpc) is 3.18. The van der Waals surface area contributed by atoms with Crippen LogP contribution in [0.5, 0.6) is 11.5 Å². The van der Waals surface area contributed by atoms with Crippen LogP contribution in [0, 0.1) is 17.8 Å². The molecule has 28 heavy (non-hydrogen) atoms.